The van der Waals surface area contributed by atoms with Gasteiger partial charge >= 0.3 is 17.9 Å². The molecule has 1 heterocycles. The van der Waals surface area contributed by atoms with E-state index in [1.165, 1.54) is 89.9 Å². The van der Waals surface area contributed by atoms with Crippen LogP contribution in [-0.2, 0) is 33.3 Å². The van der Waals surface area contributed by atoms with Crippen LogP contribution in [-0.4, -0.2) is 78.8 Å². The molecular formula is C51H93NO8. The molecule has 0 aromatic heterocycles. The van der Waals surface area contributed by atoms with E-state index < -0.39 is 30.3 Å². The summed E-state index contributed by atoms with van der Waals surface area (Å²) in [4.78, 5) is 41.0. The zero-order chi connectivity index (χ0) is 44.1. The predicted molar refractivity (Wildman–Crippen MR) is 247 cm³/mol. The molecule has 9 nitrogen and oxygen atoms in total. The van der Waals surface area contributed by atoms with Crippen LogP contribution in [0.2, 0.25) is 0 Å². The van der Waals surface area contributed by atoms with Gasteiger partial charge in [0.15, 0.2) is 6.29 Å². The second-order valence-electron chi connectivity index (χ2n) is 17.8. The molecular weight excluding hydrogens is 755 g/mol. The molecule has 1 saturated heterocycles. The Kier molecular flexibility index (Phi) is 35.7. The lowest BCUT2D eigenvalue weighted by atomic mass is 9.82. The van der Waals surface area contributed by atoms with E-state index in [0.29, 0.717) is 45.4 Å². The molecule has 1 fully saturated rings. The third-order valence-corrected chi connectivity index (χ3v) is 11.8. The number of esters is 2. The number of carboxylic acid groups (broad SMARTS) is 1. The Balaban J connectivity index is 2.64. The number of ether oxygens (including phenoxy) is 4. The molecule has 1 aliphatic rings. The van der Waals surface area contributed by atoms with Gasteiger partial charge in [-0.15, -0.1) is 0 Å². The van der Waals surface area contributed by atoms with Gasteiger partial charge in [0.25, 0.3) is 0 Å². The summed E-state index contributed by atoms with van der Waals surface area (Å²) in [5.74, 6) is -2.38. The van der Waals surface area contributed by atoms with Gasteiger partial charge in [-0.05, 0) is 90.5 Å². The fourth-order valence-corrected chi connectivity index (χ4v) is 8.13. The minimum absolute atomic E-state index is 0.0336. The molecule has 0 radical (unpaired) electrons. The standard InChI is InChI=1S/C51H93NO8/c1-7-10-13-16-19-20-21-22-23-24-25-26-27-28-31-34-47(53)59-42-44(6)41-46-50(45(51(55)56)37-38-52(46)43(4)5)60-48(54)35-36-49(57-39-32-29-17-14-11-8-2)58-40-33-30-18-15-12-9-3/h19-20,22-23,43-46,49-50H,7-18,21,24-42H2,1-6H3,(H,55,56)/b20-19-,23-22-. The quantitative estimate of drug-likeness (QED) is 0.0279. The fourth-order valence-electron chi connectivity index (χ4n) is 8.13. The molecule has 9 heteroatoms. The number of carboxylic acids is 1. The monoisotopic (exact) mass is 848 g/mol. The first-order chi connectivity index (χ1) is 29.1. The first-order valence-corrected chi connectivity index (χ1v) is 25.0. The maximum Gasteiger partial charge on any atom is 0.310 e. The minimum Gasteiger partial charge on any atom is -0.481 e. The molecule has 0 amide bonds. The van der Waals surface area contributed by atoms with Crippen molar-refractivity contribution >= 4 is 17.9 Å². The van der Waals surface area contributed by atoms with Crippen molar-refractivity contribution in [1.82, 2.24) is 4.90 Å². The average molecular weight is 848 g/mol. The van der Waals surface area contributed by atoms with Gasteiger partial charge < -0.3 is 24.1 Å². The topological polar surface area (TPSA) is 112 Å². The Morgan fingerprint density at radius 2 is 1.17 bits per heavy atom. The number of nitrogens with zero attached hydrogens (tertiary/aromatic N) is 1. The number of piperidine rings is 1. The van der Waals surface area contributed by atoms with Gasteiger partial charge in [-0.3, -0.25) is 19.3 Å². The first kappa shape index (κ1) is 55.8. The van der Waals surface area contributed by atoms with Crippen LogP contribution in [0.1, 0.15) is 221 Å². The summed E-state index contributed by atoms with van der Waals surface area (Å²) in [5, 5.41) is 10.3. The molecule has 1 aliphatic heterocycles. The first-order valence-electron chi connectivity index (χ1n) is 25.0. The van der Waals surface area contributed by atoms with Gasteiger partial charge in [-0.25, -0.2) is 0 Å². The van der Waals surface area contributed by atoms with Crippen LogP contribution in [0.3, 0.4) is 0 Å². The third kappa shape index (κ3) is 29.1. The van der Waals surface area contributed by atoms with Crippen LogP contribution in [0.4, 0.5) is 0 Å². The summed E-state index contributed by atoms with van der Waals surface area (Å²) in [6, 6.07) is -0.169. The van der Waals surface area contributed by atoms with E-state index in [2.05, 4.69) is 63.8 Å². The molecule has 0 aromatic carbocycles. The maximum absolute atomic E-state index is 13.5. The van der Waals surface area contributed by atoms with Gasteiger partial charge in [0.1, 0.15) is 6.10 Å². The highest BCUT2D eigenvalue weighted by Crippen LogP contribution is 2.32. The number of aliphatic carboxylic acids is 1. The summed E-state index contributed by atoms with van der Waals surface area (Å²) in [5.41, 5.74) is 0. The van der Waals surface area contributed by atoms with Gasteiger partial charge in [0.05, 0.1) is 18.9 Å². The summed E-state index contributed by atoms with van der Waals surface area (Å²) >= 11 is 0. The molecule has 60 heavy (non-hydrogen) atoms. The van der Waals surface area contributed by atoms with E-state index in [0.717, 1.165) is 57.8 Å². The largest absolute Gasteiger partial charge is 0.481 e. The van der Waals surface area contributed by atoms with Crippen LogP contribution < -0.4 is 0 Å². The number of unbranched alkanes of at least 4 members (excludes halogenated alkanes) is 18. The highest BCUT2D eigenvalue weighted by molar-refractivity contribution is 5.73. The van der Waals surface area contributed by atoms with Crippen molar-refractivity contribution in [2.75, 3.05) is 26.4 Å². The molecule has 350 valence electrons. The Bertz CT molecular complexity index is 1090. The van der Waals surface area contributed by atoms with Crippen molar-refractivity contribution in [3.05, 3.63) is 24.3 Å². The minimum atomic E-state index is -0.944. The van der Waals surface area contributed by atoms with Crippen LogP contribution in [0.5, 0.6) is 0 Å². The number of carbonyl (C=O) groups is 3. The highest BCUT2D eigenvalue weighted by Gasteiger charge is 2.45. The van der Waals surface area contributed by atoms with E-state index in [9.17, 15) is 19.5 Å². The van der Waals surface area contributed by atoms with Crippen molar-refractivity contribution < 1.29 is 38.4 Å². The lowest BCUT2D eigenvalue weighted by Gasteiger charge is -2.46. The molecule has 1 rings (SSSR count). The molecule has 0 spiro atoms. The van der Waals surface area contributed by atoms with Gasteiger partial charge in [-0.1, -0.05) is 148 Å². The molecule has 4 atom stereocenters. The Morgan fingerprint density at radius 3 is 1.73 bits per heavy atom. The van der Waals surface area contributed by atoms with Crippen LogP contribution in [0.15, 0.2) is 24.3 Å². The average Bonchev–Trinajstić information content (AvgIpc) is 3.22. The van der Waals surface area contributed by atoms with E-state index in [1.54, 1.807) is 0 Å². The van der Waals surface area contributed by atoms with Gasteiger partial charge in [0, 0.05) is 38.1 Å². The lowest BCUT2D eigenvalue weighted by molar-refractivity contribution is -0.176. The molecule has 0 aromatic rings. The lowest BCUT2D eigenvalue weighted by Crippen LogP contribution is -2.58. The number of carbonyl (C=O) groups excluding carboxylic acids is 2. The SMILES string of the molecule is CCCCC/C=C\C/C=C\CCCCCCCC(=O)OCC(C)CC1C(OC(=O)CCC(OCCCCCCCC)OCCCCCCCC)C(C(=O)O)CCN1C(C)C. The summed E-state index contributed by atoms with van der Waals surface area (Å²) in [6.45, 7) is 14.9. The molecule has 1 N–H and O–H groups in total. The summed E-state index contributed by atoms with van der Waals surface area (Å²) in [6.07, 6.45) is 36.1. The predicted octanol–water partition coefficient (Wildman–Crippen LogP) is 13.3. The second kappa shape index (κ2) is 38.4. The second-order valence-corrected chi connectivity index (χ2v) is 17.8. The van der Waals surface area contributed by atoms with E-state index in [-0.39, 0.29) is 37.0 Å². The maximum atomic E-state index is 13.5. The van der Waals surface area contributed by atoms with E-state index >= 15 is 0 Å². The zero-order valence-electron chi connectivity index (χ0n) is 39.7. The van der Waals surface area contributed by atoms with Crippen molar-refractivity contribution in [3.8, 4) is 0 Å². The molecule has 0 aliphatic carbocycles. The number of hydrogen-bond donors (Lipinski definition) is 1. The van der Waals surface area contributed by atoms with Crippen LogP contribution in [0, 0.1) is 11.8 Å². The highest BCUT2D eigenvalue weighted by atomic mass is 16.7. The van der Waals surface area contributed by atoms with Gasteiger partial charge in [0.2, 0.25) is 0 Å². The Hall–Kier alpha value is -2.23. The Morgan fingerprint density at radius 1 is 0.650 bits per heavy atom. The molecule has 4 unspecified atom stereocenters. The van der Waals surface area contributed by atoms with Crippen molar-refractivity contribution in [2.45, 2.75) is 246 Å². The van der Waals surface area contributed by atoms with Crippen molar-refractivity contribution in [3.63, 3.8) is 0 Å². The Labute approximate surface area is 368 Å². The van der Waals surface area contributed by atoms with E-state index in [4.69, 9.17) is 18.9 Å². The normalized spacial score (nSPS) is 18.0. The van der Waals surface area contributed by atoms with Crippen molar-refractivity contribution in [2.24, 2.45) is 11.8 Å². The van der Waals surface area contributed by atoms with Crippen LogP contribution >= 0.6 is 0 Å². The smallest absolute Gasteiger partial charge is 0.310 e. The summed E-state index contributed by atoms with van der Waals surface area (Å²) in [7, 11) is 0. The van der Waals surface area contributed by atoms with Crippen molar-refractivity contribution in [1.29, 1.82) is 0 Å². The van der Waals surface area contributed by atoms with Crippen LogP contribution in [0.25, 0.3) is 0 Å². The molecule has 0 bridgehead atoms. The third-order valence-electron chi connectivity index (χ3n) is 11.8. The zero-order valence-corrected chi connectivity index (χ0v) is 39.7. The van der Waals surface area contributed by atoms with E-state index in [1.807, 2.05) is 6.92 Å². The number of hydrogen-bond acceptors (Lipinski definition) is 8. The molecule has 0 saturated carbocycles. The number of allylic oxidation sites excluding steroid dienone is 4. The number of rotatable bonds is 40. The van der Waals surface area contributed by atoms with Gasteiger partial charge in [-0.2, -0.15) is 0 Å². The summed E-state index contributed by atoms with van der Waals surface area (Å²) < 4.78 is 24.2. The fraction of sp³-hybridized carbons (Fsp3) is 0.863. The number of likely N-dealkylation sites (tertiary alicyclic amines) is 1.